The molecule has 0 saturated heterocycles. The SMILES string of the molecule is CCc1cccc(C)c1NC(=O)CSc1nnc(CNC(=O)c2ccc(C)cc2)n1CC. The molecule has 0 atom stereocenters. The van der Waals surface area contributed by atoms with Crippen molar-refractivity contribution in [3.05, 3.63) is 70.5 Å². The Labute approximate surface area is 193 Å². The molecule has 3 aromatic rings. The van der Waals surface area contributed by atoms with Crippen LogP contribution < -0.4 is 10.6 Å². The molecular formula is C24H29N5O2S. The lowest BCUT2D eigenvalue weighted by atomic mass is 10.1. The summed E-state index contributed by atoms with van der Waals surface area (Å²) >= 11 is 1.34. The quantitative estimate of drug-likeness (QED) is 0.478. The fraction of sp³-hybridized carbons (Fsp3) is 0.333. The Morgan fingerprint density at radius 3 is 2.47 bits per heavy atom. The van der Waals surface area contributed by atoms with Crippen LogP contribution >= 0.6 is 11.8 Å². The van der Waals surface area contributed by atoms with Gasteiger partial charge in [0.1, 0.15) is 0 Å². The molecule has 32 heavy (non-hydrogen) atoms. The van der Waals surface area contributed by atoms with E-state index < -0.39 is 0 Å². The number of carbonyl (C=O) groups is 2. The van der Waals surface area contributed by atoms with Gasteiger partial charge in [0.2, 0.25) is 5.91 Å². The third kappa shape index (κ3) is 5.76. The highest BCUT2D eigenvalue weighted by atomic mass is 32.2. The second-order valence-corrected chi connectivity index (χ2v) is 8.43. The summed E-state index contributed by atoms with van der Waals surface area (Å²) in [5.41, 5.74) is 4.76. The van der Waals surface area contributed by atoms with Crippen molar-refractivity contribution in [3.63, 3.8) is 0 Å². The summed E-state index contributed by atoms with van der Waals surface area (Å²) in [5.74, 6) is 0.641. The molecular weight excluding hydrogens is 422 g/mol. The number of carbonyl (C=O) groups excluding carboxylic acids is 2. The van der Waals surface area contributed by atoms with Gasteiger partial charge >= 0.3 is 0 Å². The minimum Gasteiger partial charge on any atom is -0.345 e. The van der Waals surface area contributed by atoms with Gasteiger partial charge in [-0.05, 0) is 50.5 Å². The fourth-order valence-electron chi connectivity index (χ4n) is 3.35. The molecule has 2 aromatic carbocycles. The first-order chi connectivity index (χ1) is 15.4. The van der Waals surface area contributed by atoms with E-state index in [1.807, 2.05) is 55.7 Å². The summed E-state index contributed by atoms with van der Waals surface area (Å²) < 4.78 is 1.92. The van der Waals surface area contributed by atoms with Crippen molar-refractivity contribution >= 4 is 29.3 Å². The predicted molar refractivity (Wildman–Crippen MR) is 128 cm³/mol. The zero-order chi connectivity index (χ0) is 23.1. The maximum atomic E-state index is 12.6. The number of thioether (sulfide) groups is 1. The highest BCUT2D eigenvalue weighted by molar-refractivity contribution is 7.99. The fourth-order valence-corrected chi connectivity index (χ4v) is 4.17. The van der Waals surface area contributed by atoms with Gasteiger partial charge < -0.3 is 15.2 Å². The molecule has 0 aliphatic carbocycles. The van der Waals surface area contributed by atoms with E-state index in [9.17, 15) is 9.59 Å². The first kappa shape index (κ1) is 23.5. The first-order valence-electron chi connectivity index (χ1n) is 10.7. The summed E-state index contributed by atoms with van der Waals surface area (Å²) in [5, 5.41) is 15.0. The minimum atomic E-state index is -0.158. The number of benzene rings is 2. The molecule has 2 N–H and O–H groups in total. The smallest absolute Gasteiger partial charge is 0.251 e. The molecule has 0 radical (unpaired) electrons. The molecule has 0 unspecified atom stereocenters. The molecule has 7 nitrogen and oxygen atoms in total. The Bertz CT molecular complexity index is 1090. The predicted octanol–water partition coefficient (Wildman–Crippen LogP) is 4.14. The summed E-state index contributed by atoms with van der Waals surface area (Å²) in [7, 11) is 0. The third-order valence-electron chi connectivity index (χ3n) is 5.17. The molecule has 1 aromatic heterocycles. The van der Waals surface area contributed by atoms with Crippen molar-refractivity contribution in [2.45, 2.75) is 52.4 Å². The van der Waals surface area contributed by atoms with Crippen LogP contribution in [0, 0.1) is 13.8 Å². The van der Waals surface area contributed by atoms with Gasteiger partial charge in [0.15, 0.2) is 11.0 Å². The molecule has 0 saturated carbocycles. The van der Waals surface area contributed by atoms with Crippen LogP contribution in [0.1, 0.15) is 46.7 Å². The van der Waals surface area contributed by atoms with Crippen molar-refractivity contribution in [2.24, 2.45) is 0 Å². The monoisotopic (exact) mass is 451 g/mol. The van der Waals surface area contributed by atoms with Crippen molar-refractivity contribution in [1.29, 1.82) is 0 Å². The van der Waals surface area contributed by atoms with Crippen LogP contribution in [-0.4, -0.2) is 32.3 Å². The molecule has 0 aliphatic heterocycles. The number of hydrogen-bond donors (Lipinski definition) is 2. The summed E-state index contributed by atoms with van der Waals surface area (Å²) in [6.07, 6.45) is 0.853. The zero-order valence-corrected chi connectivity index (χ0v) is 19.8. The van der Waals surface area contributed by atoms with Crippen molar-refractivity contribution < 1.29 is 9.59 Å². The van der Waals surface area contributed by atoms with Crippen LogP contribution in [-0.2, 0) is 24.3 Å². The summed E-state index contributed by atoms with van der Waals surface area (Å²) in [6.45, 7) is 8.94. The third-order valence-corrected chi connectivity index (χ3v) is 6.13. The van der Waals surface area contributed by atoms with Gasteiger partial charge in [-0.1, -0.05) is 54.6 Å². The number of nitrogens with zero attached hydrogens (tertiary/aromatic N) is 3. The van der Waals surface area contributed by atoms with Crippen LogP contribution in [0.15, 0.2) is 47.6 Å². The second kappa shape index (κ2) is 10.9. The highest BCUT2D eigenvalue weighted by Crippen LogP contribution is 2.22. The molecule has 0 spiro atoms. The van der Waals surface area contributed by atoms with Gasteiger partial charge in [0.25, 0.3) is 5.91 Å². The summed E-state index contributed by atoms with van der Waals surface area (Å²) in [4.78, 5) is 24.9. The Balaban J connectivity index is 1.59. The van der Waals surface area contributed by atoms with Gasteiger partial charge in [-0.2, -0.15) is 0 Å². The van der Waals surface area contributed by atoms with Gasteiger partial charge in [0, 0.05) is 17.8 Å². The van der Waals surface area contributed by atoms with Gasteiger partial charge in [-0.25, -0.2) is 0 Å². The van der Waals surface area contributed by atoms with Gasteiger partial charge in [-0.3, -0.25) is 9.59 Å². The topological polar surface area (TPSA) is 88.9 Å². The Hall–Kier alpha value is -3.13. The van der Waals surface area contributed by atoms with Crippen molar-refractivity contribution in [1.82, 2.24) is 20.1 Å². The lowest BCUT2D eigenvalue weighted by Gasteiger charge is -2.13. The van der Waals surface area contributed by atoms with E-state index in [0.29, 0.717) is 23.1 Å². The lowest BCUT2D eigenvalue weighted by Crippen LogP contribution is -2.24. The van der Waals surface area contributed by atoms with E-state index in [0.717, 1.165) is 28.8 Å². The number of aryl methyl sites for hydroxylation is 3. The Morgan fingerprint density at radius 2 is 1.78 bits per heavy atom. The van der Waals surface area contributed by atoms with E-state index in [-0.39, 0.29) is 24.1 Å². The number of para-hydroxylation sites is 1. The number of nitrogens with one attached hydrogen (secondary N) is 2. The van der Waals surface area contributed by atoms with Gasteiger partial charge in [0.05, 0.1) is 12.3 Å². The van der Waals surface area contributed by atoms with Crippen molar-refractivity contribution in [2.75, 3.05) is 11.1 Å². The first-order valence-corrected chi connectivity index (χ1v) is 11.7. The molecule has 8 heteroatoms. The summed E-state index contributed by atoms with van der Waals surface area (Å²) in [6, 6.07) is 13.4. The van der Waals surface area contributed by atoms with Crippen LogP contribution in [0.2, 0.25) is 0 Å². The number of aromatic nitrogens is 3. The van der Waals surface area contributed by atoms with E-state index in [1.165, 1.54) is 11.8 Å². The molecule has 2 amide bonds. The molecule has 1 heterocycles. The lowest BCUT2D eigenvalue weighted by molar-refractivity contribution is -0.113. The number of rotatable bonds is 9. The number of hydrogen-bond acceptors (Lipinski definition) is 5. The van der Waals surface area contributed by atoms with E-state index in [2.05, 4.69) is 27.8 Å². The average molecular weight is 452 g/mol. The molecule has 3 rings (SSSR count). The molecule has 0 fully saturated rings. The molecule has 0 aliphatic rings. The number of amides is 2. The van der Waals surface area contributed by atoms with Crippen LogP contribution in [0.4, 0.5) is 5.69 Å². The Kier molecular flexibility index (Phi) is 8.05. The average Bonchev–Trinajstić information content (AvgIpc) is 3.19. The van der Waals surface area contributed by atoms with E-state index in [1.54, 1.807) is 12.1 Å². The van der Waals surface area contributed by atoms with Crippen molar-refractivity contribution in [3.8, 4) is 0 Å². The molecule has 0 bridgehead atoms. The standard InChI is InChI=1S/C24H29N5O2S/c1-5-18-9-7-8-17(4)22(18)26-21(30)15-32-24-28-27-20(29(24)6-2)14-25-23(31)19-12-10-16(3)11-13-19/h7-13H,5-6,14-15H2,1-4H3,(H,25,31)(H,26,30). The molecule has 168 valence electrons. The van der Waals surface area contributed by atoms with Gasteiger partial charge in [-0.15, -0.1) is 10.2 Å². The number of anilines is 1. The van der Waals surface area contributed by atoms with E-state index >= 15 is 0 Å². The maximum Gasteiger partial charge on any atom is 0.251 e. The van der Waals surface area contributed by atoms with Crippen LogP contribution in [0.3, 0.4) is 0 Å². The van der Waals surface area contributed by atoms with Crippen LogP contribution in [0.25, 0.3) is 0 Å². The van der Waals surface area contributed by atoms with Crippen LogP contribution in [0.5, 0.6) is 0 Å². The second-order valence-electron chi connectivity index (χ2n) is 7.49. The normalized spacial score (nSPS) is 10.8. The Morgan fingerprint density at radius 1 is 1.03 bits per heavy atom. The minimum absolute atomic E-state index is 0.0844. The van der Waals surface area contributed by atoms with E-state index in [4.69, 9.17) is 0 Å². The zero-order valence-electron chi connectivity index (χ0n) is 18.9. The highest BCUT2D eigenvalue weighted by Gasteiger charge is 2.15. The largest absolute Gasteiger partial charge is 0.345 e. The maximum absolute atomic E-state index is 12.6.